The Balaban J connectivity index is 1.77. The summed E-state index contributed by atoms with van der Waals surface area (Å²) in [5.74, 6) is 1.14. The Labute approximate surface area is 152 Å². The van der Waals surface area contributed by atoms with Crippen molar-refractivity contribution in [3.05, 3.63) is 24.0 Å². The van der Waals surface area contributed by atoms with Gasteiger partial charge >= 0.3 is 0 Å². The minimum Gasteiger partial charge on any atom is -0.489 e. The van der Waals surface area contributed by atoms with Crippen molar-refractivity contribution < 1.29 is 14.3 Å². The lowest BCUT2D eigenvalue weighted by atomic mass is 10.3. The molecule has 1 atom stereocenters. The second-order valence-electron chi connectivity index (χ2n) is 5.73. The Bertz CT molecular complexity index is 566. The number of thioether (sulfide) groups is 1. The number of hydrogen-bond donors (Lipinski definition) is 0. The summed E-state index contributed by atoms with van der Waals surface area (Å²) in [6.45, 7) is 3.99. The number of ether oxygens (including phenoxy) is 2. The standard InChI is InChI=1S/C16H23N3O3S2/c1-12-4-5-13(8-17-12)22-10-14-9-19(6-7-21-14)15(20)11-24-16(23)18(2)3/h4-5,8,14H,6-7,9-11H2,1-3H3. The first-order chi connectivity index (χ1) is 11.5. The highest BCUT2D eigenvalue weighted by Gasteiger charge is 2.25. The van der Waals surface area contributed by atoms with E-state index in [2.05, 4.69) is 4.98 Å². The van der Waals surface area contributed by atoms with E-state index in [-0.39, 0.29) is 12.0 Å². The monoisotopic (exact) mass is 369 g/mol. The summed E-state index contributed by atoms with van der Waals surface area (Å²) in [6.07, 6.45) is 1.56. The Morgan fingerprint density at radius 2 is 2.33 bits per heavy atom. The molecule has 0 bridgehead atoms. The first-order valence-corrected chi connectivity index (χ1v) is 9.14. The summed E-state index contributed by atoms with van der Waals surface area (Å²) < 4.78 is 12.1. The third kappa shape index (κ3) is 5.92. The van der Waals surface area contributed by atoms with Crippen molar-refractivity contribution in [2.24, 2.45) is 0 Å². The van der Waals surface area contributed by atoms with Crippen LogP contribution in [0.15, 0.2) is 18.3 Å². The fourth-order valence-corrected chi connectivity index (χ4v) is 2.98. The number of carbonyl (C=O) groups is 1. The normalized spacial score (nSPS) is 17.5. The highest BCUT2D eigenvalue weighted by molar-refractivity contribution is 8.23. The molecule has 132 valence electrons. The van der Waals surface area contributed by atoms with E-state index in [0.717, 1.165) is 5.69 Å². The number of thiocarbonyl (C=S) groups is 1. The average Bonchev–Trinajstić information content (AvgIpc) is 2.59. The maximum Gasteiger partial charge on any atom is 0.233 e. The largest absolute Gasteiger partial charge is 0.489 e. The number of aryl methyl sites for hydroxylation is 1. The average molecular weight is 370 g/mol. The molecule has 1 fully saturated rings. The van der Waals surface area contributed by atoms with E-state index in [1.807, 2.05) is 43.0 Å². The third-order valence-corrected chi connectivity index (χ3v) is 5.22. The van der Waals surface area contributed by atoms with Crippen LogP contribution in [0, 0.1) is 6.92 Å². The number of amides is 1. The smallest absolute Gasteiger partial charge is 0.233 e. The van der Waals surface area contributed by atoms with Crippen molar-refractivity contribution in [2.45, 2.75) is 13.0 Å². The summed E-state index contributed by atoms with van der Waals surface area (Å²) in [4.78, 5) is 20.1. The third-order valence-electron chi connectivity index (χ3n) is 3.50. The topological polar surface area (TPSA) is 54.9 Å². The van der Waals surface area contributed by atoms with E-state index in [4.69, 9.17) is 21.7 Å². The fourth-order valence-electron chi connectivity index (χ4n) is 2.12. The van der Waals surface area contributed by atoms with Crippen molar-refractivity contribution in [3.8, 4) is 5.75 Å². The zero-order valence-electron chi connectivity index (χ0n) is 14.2. The molecule has 0 spiro atoms. The summed E-state index contributed by atoms with van der Waals surface area (Å²) in [6, 6.07) is 3.78. The molecular weight excluding hydrogens is 346 g/mol. The lowest BCUT2D eigenvalue weighted by molar-refractivity contribution is -0.137. The summed E-state index contributed by atoms with van der Waals surface area (Å²) >= 11 is 6.58. The number of pyridine rings is 1. The molecule has 0 N–H and O–H groups in total. The van der Waals surface area contributed by atoms with Crippen molar-refractivity contribution in [1.29, 1.82) is 0 Å². The minimum absolute atomic E-state index is 0.0782. The van der Waals surface area contributed by atoms with Gasteiger partial charge in [0.25, 0.3) is 0 Å². The zero-order valence-corrected chi connectivity index (χ0v) is 15.9. The van der Waals surface area contributed by atoms with Gasteiger partial charge in [-0.1, -0.05) is 24.0 Å². The number of morpholine rings is 1. The van der Waals surface area contributed by atoms with Crippen LogP contribution in [-0.4, -0.2) is 77.3 Å². The SMILES string of the molecule is Cc1ccc(OCC2CN(C(=O)CSC(=S)N(C)C)CCO2)cn1. The van der Waals surface area contributed by atoms with E-state index in [9.17, 15) is 4.79 Å². The van der Waals surface area contributed by atoms with Crippen LogP contribution in [0.2, 0.25) is 0 Å². The van der Waals surface area contributed by atoms with Crippen LogP contribution in [0.25, 0.3) is 0 Å². The van der Waals surface area contributed by atoms with Gasteiger partial charge in [-0.15, -0.1) is 0 Å². The number of carbonyl (C=O) groups excluding carboxylic acids is 1. The second-order valence-corrected chi connectivity index (χ2v) is 7.34. The number of nitrogens with zero attached hydrogens (tertiary/aromatic N) is 3. The predicted molar refractivity (Wildman–Crippen MR) is 99.5 cm³/mol. The highest BCUT2D eigenvalue weighted by atomic mass is 32.2. The van der Waals surface area contributed by atoms with E-state index in [1.54, 1.807) is 6.20 Å². The first-order valence-electron chi connectivity index (χ1n) is 7.74. The molecule has 1 aliphatic heterocycles. The molecule has 0 radical (unpaired) electrons. The maximum atomic E-state index is 12.3. The van der Waals surface area contributed by atoms with E-state index < -0.39 is 0 Å². The molecule has 1 saturated heterocycles. The molecule has 8 heteroatoms. The van der Waals surface area contributed by atoms with Crippen molar-refractivity contribution in [2.75, 3.05) is 46.2 Å². The van der Waals surface area contributed by atoms with Crippen LogP contribution < -0.4 is 4.74 Å². The molecule has 0 saturated carbocycles. The van der Waals surface area contributed by atoms with Gasteiger partial charge in [0.2, 0.25) is 5.91 Å². The molecule has 1 amide bonds. The molecule has 2 heterocycles. The zero-order chi connectivity index (χ0) is 17.5. The van der Waals surface area contributed by atoms with Gasteiger partial charge in [-0.2, -0.15) is 0 Å². The van der Waals surface area contributed by atoms with Gasteiger partial charge in [0, 0.05) is 26.3 Å². The van der Waals surface area contributed by atoms with Gasteiger partial charge in [0.05, 0.1) is 25.1 Å². The van der Waals surface area contributed by atoms with Crippen molar-refractivity contribution >= 4 is 34.2 Å². The Morgan fingerprint density at radius 3 is 3.00 bits per heavy atom. The van der Waals surface area contributed by atoms with Gasteiger partial charge < -0.3 is 19.3 Å². The number of aromatic nitrogens is 1. The van der Waals surface area contributed by atoms with E-state index >= 15 is 0 Å². The molecular formula is C16H23N3O3S2. The fraction of sp³-hybridized carbons (Fsp3) is 0.562. The molecule has 2 rings (SSSR count). The van der Waals surface area contributed by atoms with E-state index in [0.29, 0.717) is 42.1 Å². The lowest BCUT2D eigenvalue weighted by Crippen LogP contribution is -2.48. The maximum absolute atomic E-state index is 12.3. The van der Waals surface area contributed by atoms with Crippen LogP contribution >= 0.6 is 24.0 Å². The molecule has 0 aliphatic carbocycles. The molecule has 1 aromatic rings. The minimum atomic E-state index is -0.130. The lowest BCUT2D eigenvalue weighted by Gasteiger charge is -2.33. The van der Waals surface area contributed by atoms with Crippen LogP contribution in [0.3, 0.4) is 0 Å². The predicted octanol–water partition coefficient (Wildman–Crippen LogP) is 1.58. The Morgan fingerprint density at radius 1 is 1.54 bits per heavy atom. The van der Waals surface area contributed by atoms with Crippen LogP contribution in [-0.2, 0) is 9.53 Å². The summed E-state index contributed by atoms with van der Waals surface area (Å²) in [7, 11) is 3.75. The second kappa shape index (κ2) is 9.19. The van der Waals surface area contributed by atoms with Gasteiger partial charge in [-0.25, -0.2) is 0 Å². The molecule has 1 aromatic heterocycles. The molecule has 6 nitrogen and oxygen atoms in total. The van der Waals surface area contributed by atoms with Crippen LogP contribution in [0.5, 0.6) is 5.75 Å². The van der Waals surface area contributed by atoms with Gasteiger partial charge in [0.1, 0.15) is 22.8 Å². The van der Waals surface area contributed by atoms with Gasteiger partial charge in [-0.3, -0.25) is 9.78 Å². The van der Waals surface area contributed by atoms with Gasteiger partial charge in [-0.05, 0) is 19.1 Å². The van der Waals surface area contributed by atoms with Gasteiger partial charge in [0.15, 0.2) is 0 Å². The number of hydrogen-bond acceptors (Lipinski definition) is 6. The number of rotatable bonds is 5. The van der Waals surface area contributed by atoms with Crippen molar-refractivity contribution in [1.82, 2.24) is 14.8 Å². The summed E-state index contributed by atoms with van der Waals surface area (Å²) in [5, 5.41) is 0. The Hall–Kier alpha value is -1.38. The van der Waals surface area contributed by atoms with Crippen LogP contribution in [0.1, 0.15) is 5.69 Å². The molecule has 1 aliphatic rings. The highest BCUT2D eigenvalue weighted by Crippen LogP contribution is 2.14. The molecule has 1 unspecified atom stereocenters. The summed E-state index contributed by atoms with van der Waals surface area (Å²) in [5.41, 5.74) is 0.946. The molecule has 0 aromatic carbocycles. The Kier molecular flexibility index (Phi) is 7.26. The van der Waals surface area contributed by atoms with Crippen LogP contribution in [0.4, 0.5) is 0 Å². The van der Waals surface area contributed by atoms with Crippen molar-refractivity contribution in [3.63, 3.8) is 0 Å². The first kappa shape index (κ1) is 19.0. The quantitative estimate of drug-likeness (QED) is 0.730. The van der Waals surface area contributed by atoms with E-state index in [1.165, 1.54) is 11.8 Å². The molecule has 24 heavy (non-hydrogen) atoms.